The largest absolute Gasteiger partial charge is 0.337 e. The molecule has 1 aliphatic rings. The zero-order chi connectivity index (χ0) is 26.1. The zero-order valence-electron chi connectivity index (χ0n) is 19.7. The predicted octanol–water partition coefficient (Wildman–Crippen LogP) is 4.56. The SMILES string of the molecule is Cc1cccc(NC(=O)Cn2cc(/C=C3\C(=O)NC(=S)N(c4cccc(F)c4)C3=O)c3ccccc32)c1. The number of hydrogen-bond donors (Lipinski definition) is 2. The van der Waals surface area contributed by atoms with E-state index < -0.39 is 17.6 Å². The van der Waals surface area contributed by atoms with Crippen LogP contribution in [0.25, 0.3) is 17.0 Å². The van der Waals surface area contributed by atoms with E-state index in [1.54, 1.807) is 10.8 Å². The number of amides is 3. The van der Waals surface area contributed by atoms with Crippen LogP contribution < -0.4 is 15.5 Å². The van der Waals surface area contributed by atoms with Crippen molar-refractivity contribution in [3.8, 4) is 0 Å². The molecule has 1 saturated heterocycles. The fourth-order valence-corrected chi connectivity index (χ4v) is 4.54. The van der Waals surface area contributed by atoms with E-state index in [2.05, 4.69) is 10.6 Å². The molecule has 4 aromatic rings. The first-order chi connectivity index (χ1) is 17.8. The number of rotatable bonds is 5. The van der Waals surface area contributed by atoms with Crippen LogP contribution in [0, 0.1) is 12.7 Å². The summed E-state index contributed by atoms with van der Waals surface area (Å²) in [6.07, 6.45) is 3.18. The van der Waals surface area contributed by atoms with Crippen molar-refractivity contribution in [3.63, 3.8) is 0 Å². The van der Waals surface area contributed by atoms with E-state index in [0.29, 0.717) is 11.3 Å². The average Bonchev–Trinajstić information content (AvgIpc) is 3.18. The quantitative estimate of drug-likeness (QED) is 0.233. The van der Waals surface area contributed by atoms with Gasteiger partial charge in [0, 0.05) is 28.4 Å². The van der Waals surface area contributed by atoms with Gasteiger partial charge >= 0.3 is 0 Å². The number of hydrogen-bond acceptors (Lipinski definition) is 4. The van der Waals surface area contributed by atoms with Crippen molar-refractivity contribution in [1.82, 2.24) is 9.88 Å². The lowest BCUT2D eigenvalue weighted by molar-refractivity contribution is -0.122. The smallest absolute Gasteiger partial charge is 0.270 e. The van der Waals surface area contributed by atoms with Crippen LogP contribution in [0.1, 0.15) is 11.1 Å². The van der Waals surface area contributed by atoms with Gasteiger partial charge in [-0.25, -0.2) is 4.39 Å². The van der Waals surface area contributed by atoms with Gasteiger partial charge in [-0.3, -0.25) is 24.6 Å². The topological polar surface area (TPSA) is 83.4 Å². The molecule has 0 bridgehead atoms. The summed E-state index contributed by atoms with van der Waals surface area (Å²) in [7, 11) is 0. The first-order valence-corrected chi connectivity index (χ1v) is 11.8. The second kappa shape index (κ2) is 9.79. The van der Waals surface area contributed by atoms with Gasteiger partial charge in [0.2, 0.25) is 5.91 Å². The number of carbonyl (C=O) groups excluding carboxylic acids is 3. The molecule has 2 N–H and O–H groups in total. The lowest BCUT2D eigenvalue weighted by atomic mass is 10.1. The number of para-hydroxylation sites is 1. The minimum atomic E-state index is -0.673. The first kappa shape index (κ1) is 24.1. The molecular weight excluding hydrogens is 491 g/mol. The summed E-state index contributed by atoms with van der Waals surface area (Å²) in [5.41, 5.74) is 3.10. The highest BCUT2D eigenvalue weighted by Crippen LogP contribution is 2.27. The molecule has 7 nitrogen and oxygen atoms in total. The van der Waals surface area contributed by atoms with E-state index in [9.17, 15) is 18.8 Å². The summed E-state index contributed by atoms with van der Waals surface area (Å²) in [5, 5.41) is 6.01. The lowest BCUT2D eigenvalue weighted by Gasteiger charge is -2.28. The molecule has 0 unspecified atom stereocenters. The average molecular weight is 513 g/mol. The number of halogens is 1. The number of benzene rings is 3. The Morgan fingerprint density at radius 1 is 1.05 bits per heavy atom. The number of aromatic nitrogens is 1. The molecule has 1 fully saturated rings. The first-order valence-electron chi connectivity index (χ1n) is 11.4. The van der Waals surface area contributed by atoms with Gasteiger partial charge < -0.3 is 9.88 Å². The van der Waals surface area contributed by atoms with E-state index in [1.165, 1.54) is 24.3 Å². The van der Waals surface area contributed by atoms with Gasteiger partial charge in [0.25, 0.3) is 11.8 Å². The summed E-state index contributed by atoms with van der Waals surface area (Å²) in [6, 6.07) is 20.3. The van der Waals surface area contributed by atoms with Gasteiger partial charge in [0.15, 0.2) is 5.11 Å². The van der Waals surface area contributed by atoms with Crippen molar-refractivity contribution in [2.45, 2.75) is 13.5 Å². The minimum Gasteiger partial charge on any atom is -0.337 e. The fourth-order valence-electron chi connectivity index (χ4n) is 4.26. The molecule has 0 radical (unpaired) electrons. The maximum absolute atomic E-state index is 13.8. The molecule has 3 aromatic carbocycles. The van der Waals surface area contributed by atoms with Crippen LogP contribution in [0.4, 0.5) is 15.8 Å². The summed E-state index contributed by atoms with van der Waals surface area (Å²) in [6.45, 7) is 1.97. The summed E-state index contributed by atoms with van der Waals surface area (Å²) >= 11 is 5.19. The van der Waals surface area contributed by atoms with E-state index in [0.717, 1.165) is 27.4 Å². The van der Waals surface area contributed by atoms with Gasteiger partial charge in [0.1, 0.15) is 17.9 Å². The molecule has 1 aromatic heterocycles. The maximum Gasteiger partial charge on any atom is 0.270 e. The molecule has 2 heterocycles. The molecule has 5 rings (SSSR count). The van der Waals surface area contributed by atoms with E-state index in [1.807, 2.05) is 55.5 Å². The summed E-state index contributed by atoms with van der Waals surface area (Å²) in [4.78, 5) is 40.0. The van der Waals surface area contributed by atoms with Crippen LogP contribution in [0.5, 0.6) is 0 Å². The van der Waals surface area contributed by atoms with Crippen LogP contribution >= 0.6 is 12.2 Å². The van der Waals surface area contributed by atoms with Crippen molar-refractivity contribution in [1.29, 1.82) is 0 Å². The normalized spacial score (nSPS) is 14.8. The Balaban J connectivity index is 1.49. The molecule has 184 valence electrons. The third-order valence-corrected chi connectivity index (χ3v) is 6.19. The number of nitrogens with one attached hydrogen (secondary N) is 2. The van der Waals surface area contributed by atoms with Crippen LogP contribution in [-0.4, -0.2) is 27.4 Å². The van der Waals surface area contributed by atoms with E-state index in [4.69, 9.17) is 12.2 Å². The number of anilines is 2. The zero-order valence-corrected chi connectivity index (χ0v) is 20.5. The molecule has 0 spiro atoms. The van der Waals surface area contributed by atoms with Crippen molar-refractivity contribution in [2.75, 3.05) is 10.2 Å². The molecule has 0 saturated carbocycles. The number of thiocarbonyl (C=S) groups is 1. The Bertz CT molecular complexity index is 1620. The van der Waals surface area contributed by atoms with E-state index >= 15 is 0 Å². The molecule has 1 aliphatic heterocycles. The van der Waals surface area contributed by atoms with Crippen LogP contribution in [0.15, 0.2) is 84.6 Å². The standard InChI is InChI=1S/C28H21FN4O3S/c1-17-6-4-8-20(12-17)30-25(34)16-32-15-18(22-10-2-3-11-24(22)32)13-23-26(35)31-28(37)33(27(23)36)21-9-5-7-19(29)14-21/h2-15H,16H2,1H3,(H,30,34)(H,31,35,37)/b23-13+. The van der Waals surface area contributed by atoms with Gasteiger partial charge in [-0.05, 0) is 67.2 Å². The third kappa shape index (κ3) is 4.89. The van der Waals surface area contributed by atoms with Gasteiger partial charge in [-0.2, -0.15) is 0 Å². The minimum absolute atomic E-state index is 0.0251. The number of fused-ring (bicyclic) bond motifs is 1. The Labute approximate surface area is 217 Å². The molecule has 9 heteroatoms. The fraction of sp³-hybridized carbons (Fsp3) is 0.0714. The van der Waals surface area contributed by atoms with Crippen molar-refractivity contribution < 1.29 is 18.8 Å². The van der Waals surface area contributed by atoms with Gasteiger partial charge in [-0.1, -0.05) is 36.4 Å². The molecule has 0 atom stereocenters. The Morgan fingerprint density at radius 3 is 2.62 bits per heavy atom. The summed E-state index contributed by atoms with van der Waals surface area (Å²) in [5.74, 6) is -2.09. The highest BCUT2D eigenvalue weighted by molar-refractivity contribution is 7.80. The van der Waals surface area contributed by atoms with Crippen molar-refractivity contribution in [3.05, 3.63) is 102 Å². The Hall–Kier alpha value is -4.63. The number of aryl methyl sites for hydroxylation is 1. The second-order valence-electron chi connectivity index (χ2n) is 8.58. The monoisotopic (exact) mass is 512 g/mol. The number of carbonyl (C=O) groups is 3. The molecular formula is C28H21FN4O3S. The van der Waals surface area contributed by atoms with Crippen LogP contribution in [-0.2, 0) is 20.9 Å². The Morgan fingerprint density at radius 2 is 1.84 bits per heavy atom. The van der Waals surface area contributed by atoms with Crippen LogP contribution in [0.3, 0.4) is 0 Å². The highest BCUT2D eigenvalue weighted by atomic mass is 32.1. The van der Waals surface area contributed by atoms with Crippen LogP contribution in [0.2, 0.25) is 0 Å². The van der Waals surface area contributed by atoms with E-state index in [-0.39, 0.29) is 28.8 Å². The van der Waals surface area contributed by atoms with Crippen molar-refractivity contribution >= 4 is 63.4 Å². The second-order valence-corrected chi connectivity index (χ2v) is 8.97. The van der Waals surface area contributed by atoms with Crippen molar-refractivity contribution in [2.24, 2.45) is 0 Å². The van der Waals surface area contributed by atoms with Gasteiger partial charge in [-0.15, -0.1) is 0 Å². The Kier molecular flexibility index (Phi) is 6.37. The number of nitrogens with zero attached hydrogens (tertiary/aromatic N) is 2. The third-order valence-electron chi connectivity index (χ3n) is 5.90. The highest BCUT2D eigenvalue weighted by Gasteiger charge is 2.34. The summed E-state index contributed by atoms with van der Waals surface area (Å²) < 4.78 is 15.6. The molecule has 37 heavy (non-hydrogen) atoms. The predicted molar refractivity (Wildman–Crippen MR) is 144 cm³/mol. The van der Waals surface area contributed by atoms with Gasteiger partial charge in [0.05, 0.1) is 5.69 Å². The molecule has 3 amide bonds. The molecule has 0 aliphatic carbocycles. The maximum atomic E-state index is 13.8. The lowest BCUT2D eigenvalue weighted by Crippen LogP contribution is -2.54.